The van der Waals surface area contributed by atoms with Crippen LogP contribution in [-0.2, 0) is 4.74 Å². The van der Waals surface area contributed by atoms with Crippen LogP contribution in [0.4, 0.5) is 4.39 Å². The van der Waals surface area contributed by atoms with E-state index in [-0.39, 0.29) is 5.88 Å². The van der Waals surface area contributed by atoms with E-state index in [9.17, 15) is 4.39 Å². The molecular formula is C16H23FN4O2. The lowest BCUT2D eigenvalue weighted by molar-refractivity contribution is 0.156. The van der Waals surface area contributed by atoms with E-state index < -0.39 is 5.82 Å². The first-order valence-corrected chi connectivity index (χ1v) is 7.99. The van der Waals surface area contributed by atoms with Gasteiger partial charge in [0.15, 0.2) is 11.8 Å². The molecule has 126 valence electrons. The van der Waals surface area contributed by atoms with Crippen molar-refractivity contribution in [3.05, 3.63) is 24.1 Å². The van der Waals surface area contributed by atoms with E-state index in [2.05, 4.69) is 20.2 Å². The molecular weight excluding hydrogens is 299 g/mol. The molecule has 1 unspecified atom stereocenters. The van der Waals surface area contributed by atoms with Crippen molar-refractivity contribution in [2.24, 2.45) is 10.4 Å². The number of ether oxygens (including phenoxy) is 2. The van der Waals surface area contributed by atoms with E-state index in [1.165, 1.54) is 18.3 Å². The Balaban J connectivity index is 1.44. The van der Waals surface area contributed by atoms with E-state index >= 15 is 0 Å². The van der Waals surface area contributed by atoms with Gasteiger partial charge in [0.05, 0.1) is 13.2 Å². The summed E-state index contributed by atoms with van der Waals surface area (Å²) in [7, 11) is 1.78. The molecule has 7 heteroatoms. The summed E-state index contributed by atoms with van der Waals surface area (Å²) >= 11 is 0. The van der Waals surface area contributed by atoms with E-state index in [1.54, 1.807) is 7.05 Å². The smallest absolute Gasteiger partial charge is 0.250 e. The molecule has 3 heterocycles. The van der Waals surface area contributed by atoms with Gasteiger partial charge in [0, 0.05) is 38.4 Å². The van der Waals surface area contributed by atoms with Crippen molar-refractivity contribution in [2.45, 2.75) is 12.8 Å². The number of pyridine rings is 1. The molecule has 2 fully saturated rings. The Morgan fingerprint density at radius 2 is 2.48 bits per heavy atom. The molecule has 2 aliphatic heterocycles. The first-order chi connectivity index (χ1) is 11.2. The molecule has 23 heavy (non-hydrogen) atoms. The summed E-state index contributed by atoms with van der Waals surface area (Å²) in [4.78, 5) is 10.5. The van der Waals surface area contributed by atoms with Crippen LogP contribution in [-0.4, -0.2) is 62.3 Å². The minimum atomic E-state index is -0.445. The number of likely N-dealkylation sites (tertiary alicyclic amines) is 1. The zero-order valence-corrected chi connectivity index (χ0v) is 13.4. The molecule has 1 aromatic heterocycles. The van der Waals surface area contributed by atoms with Crippen LogP contribution in [0.3, 0.4) is 0 Å². The molecule has 6 nitrogen and oxygen atoms in total. The minimum Gasteiger partial charge on any atom is -0.474 e. The quantitative estimate of drug-likeness (QED) is 0.514. The van der Waals surface area contributed by atoms with Gasteiger partial charge in [-0.15, -0.1) is 0 Å². The summed E-state index contributed by atoms with van der Waals surface area (Å²) in [6, 6.07) is 2.88. The Hall–Kier alpha value is -1.89. The van der Waals surface area contributed by atoms with Crippen LogP contribution in [0.15, 0.2) is 23.3 Å². The normalized spacial score (nSPS) is 24.4. The van der Waals surface area contributed by atoms with E-state index in [4.69, 9.17) is 9.47 Å². The first kappa shape index (κ1) is 16.0. The number of halogens is 1. The van der Waals surface area contributed by atoms with Crippen LogP contribution >= 0.6 is 0 Å². The maximum absolute atomic E-state index is 13.4. The standard InChI is InChI=1S/C16H23FN4O2/c1-18-15(21-8-4-16(11-21)5-9-22-12-16)20-7-10-23-14-13(17)3-2-6-19-14/h2-3,6H,4-5,7-12H2,1H3,(H,18,20). The van der Waals surface area contributed by atoms with Crippen molar-refractivity contribution in [1.29, 1.82) is 0 Å². The maximum Gasteiger partial charge on any atom is 0.250 e. The van der Waals surface area contributed by atoms with Gasteiger partial charge >= 0.3 is 0 Å². The summed E-state index contributed by atoms with van der Waals surface area (Å²) < 4.78 is 24.3. The molecule has 2 saturated heterocycles. The van der Waals surface area contributed by atoms with Crippen LogP contribution in [0, 0.1) is 11.2 Å². The molecule has 0 aromatic carbocycles. The van der Waals surface area contributed by atoms with Gasteiger partial charge < -0.3 is 19.7 Å². The zero-order valence-electron chi connectivity index (χ0n) is 13.4. The monoisotopic (exact) mass is 322 g/mol. The highest BCUT2D eigenvalue weighted by Crippen LogP contribution is 2.38. The highest BCUT2D eigenvalue weighted by molar-refractivity contribution is 5.80. The maximum atomic E-state index is 13.4. The second kappa shape index (κ2) is 7.12. The predicted molar refractivity (Wildman–Crippen MR) is 85.1 cm³/mol. The highest BCUT2D eigenvalue weighted by atomic mass is 19.1. The lowest BCUT2D eigenvalue weighted by Crippen LogP contribution is -2.42. The number of nitrogens with one attached hydrogen (secondary N) is 1. The summed E-state index contributed by atoms with van der Waals surface area (Å²) in [6.45, 7) is 4.55. The zero-order chi connectivity index (χ0) is 16.1. The number of guanidine groups is 1. The Morgan fingerprint density at radius 3 is 3.22 bits per heavy atom. The lowest BCUT2D eigenvalue weighted by Gasteiger charge is -2.24. The van der Waals surface area contributed by atoms with Gasteiger partial charge in [-0.25, -0.2) is 9.37 Å². The van der Waals surface area contributed by atoms with Gasteiger partial charge in [-0.3, -0.25) is 4.99 Å². The van der Waals surface area contributed by atoms with Crippen molar-refractivity contribution >= 4 is 5.96 Å². The summed E-state index contributed by atoms with van der Waals surface area (Å²) in [5, 5.41) is 3.27. The Labute approximate surface area is 135 Å². The largest absolute Gasteiger partial charge is 0.474 e. The first-order valence-electron chi connectivity index (χ1n) is 7.99. The van der Waals surface area contributed by atoms with Crippen molar-refractivity contribution in [1.82, 2.24) is 15.2 Å². The average Bonchev–Trinajstić information content (AvgIpc) is 3.20. The van der Waals surface area contributed by atoms with E-state index in [1.807, 2.05) is 0 Å². The Bertz CT molecular complexity index is 561. The predicted octanol–water partition coefficient (Wildman–Crippen LogP) is 1.29. The molecule has 1 aromatic rings. The molecule has 1 spiro atoms. The Kier molecular flexibility index (Phi) is 4.95. The second-order valence-corrected chi connectivity index (χ2v) is 6.09. The van der Waals surface area contributed by atoms with Gasteiger partial charge in [-0.05, 0) is 25.0 Å². The van der Waals surface area contributed by atoms with Gasteiger partial charge in [0.2, 0.25) is 5.88 Å². The number of hydrogen-bond donors (Lipinski definition) is 1. The number of rotatable bonds is 4. The van der Waals surface area contributed by atoms with Crippen molar-refractivity contribution in [3.63, 3.8) is 0 Å². The molecule has 1 N–H and O–H groups in total. The molecule has 0 aliphatic carbocycles. The number of hydrogen-bond acceptors (Lipinski definition) is 4. The number of aliphatic imine (C=N–C) groups is 1. The fourth-order valence-corrected chi connectivity index (χ4v) is 3.21. The van der Waals surface area contributed by atoms with Gasteiger partial charge in [-0.2, -0.15) is 0 Å². The SMILES string of the molecule is CN=C(NCCOc1ncccc1F)N1CCC2(CCOC2)C1. The van der Waals surface area contributed by atoms with Crippen LogP contribution in [0.25, 0.3) is 0 Å². The van der Waals surface area contributed by atoms with Crippen molar-refractivity contribution in [3.8, 4) is 5.88 Å². The summed E-state index contributed by atoms with van der Waals surface area (Å²) in [5.41, 5.74) is 0.297. The lowest BCUT2D eigenvalue weighted by atomic mass is 9.87. The third-order valence-corrected chi connectivity index (χ3v) is 4.48. The fourth-order valence-electron chi connectivity index (χ4n) is 3.21. The molecule has 3 rings (SSSR count). The van der Waals surface area contributed by atoms with Gasteiger partial charge in [0.25, 0.3) is 0 Å². The summed E-state index contributed by atoms with van der Waals surface area (Å²) in [5.74, 6) is 0.450. The van der Waals surface area contributed by atoms with Gasteiger partial charge in [-0.1, -0.05) is 0 Å². The van der Waals surface area contributed by atoms with E-state index in [0.717, 1.165) is 45.1 Å². The topological polar surface area (TPSA) is 59.0 Å². The van der Waals surface area contributed by atoms with Gasteiger partial charge in [0.1, 0.15) is 6.61 Å². The number of aromatic nitrogens is 1. The minimum absolute atomic E-state index is 0.0347. The van der Waals surface area contributed by atoms with Crippen LogP contribution < -0.4 is 10.1 Å². The van der Waals surface area contributed by atoms with E-state index in [0.29, 0.717) is 18.6 Å². The van der Waals surface area contributed by atoms with Crippen LogP contribution in [0.2, 0.25) is 0 Å². The third kappa shape index (κ3) is 3.72. The van der Waals surface area contributed by atoms with Crippen molar-refractivity contribution < 1.29 is 13.9 Å². The molecule has 2 aliphatic rings. The second-order valence-electron chi connectivity index (χ2n) is 6.09. The van der Waals surface area contributed by atoms with Crippen LogP contribution in [0.1, 0.15) is 12.8 Å². The average molecular weight is 322 g/mol. The molecule has 0 bridgehead atoms. The number of nitrogens with zero attached hydrogens (tertiary/aromatic N) is 3. The fraction of sp³-hybridized carbons (Fsp3) is 0.625. The highest BCUT2D eigenvalue weighted by Gasteiger charge is 2.42. The molecule has 0 saturated carbocycles. The molecule has 0 radical (unpaired) electrons. The van der Waals surface area contributed by atoms with Crippen LogP contribution in [0.5, 0.6) is 5.88 Å². The molecule has 0 amide bonds. The Morgan fingerprint density at radius 1 is 1.57 bits per heavy atom. The molecule has 1 atom stereocenters. The third-order valence-electron chi connectivity index (χ3n) is 4.48. The van der Waals surface area contributed by atoms with Crippen molar-refractivity contribution in [2.75, 3.05) is 46.5 Å². The summed E-state index contributed by atoms with van der Waals surface area (Å²) in [6.07, 6.45) is 3.78.